The Morgan fingerprint density at radius 3 is 2.74 bits per heavy atom. The topological polar surface area (TPSA) is 18.5 Å². The minimum Gasteiger partial charge on any atom is -0.487 e. The highest BCUT2D eigenvalue weighted by molar-refractivity contribution is 5.75. The zero-order valence-electron chi connectivity index (χ0n) is 12.0. The summed E-state index contributed by atoms with van der Waals surface area (Å²) in [6.07, 6.45) is 3.02. The number of benzene rings is 1. The van der Waals surface area contributed by atoms with Gasteiger partial charge in [0.05, 0.1) is 0 Å². The predicted molar refractivity (Wildman–Crippen MR) is 77.4 cm³/mol. The minimum absolute atomic E-state index is 0.127. The molecule has 0 radical (unpaired) electrons. The van der Waals surface area contributed by atoms with Gasteiger partial charge in [0.15, 0.2) is 0 Å². The first kappa shape index (κ1) is 12.3. The van der Waals surface area contributed by atoms with Crippen LogP contribution in [0, 0.1) is 5.92 Å². The molecule has 2 aliphatic heterocycles. The van der Waals surface area contributed by atoms with Gasteiger partial charge in [-0.05, 0) is 56.4 Å². The van der Waals surface area contributed by atoms with Gasteiger partial charge in [0.2, 0.25) is 0 Å². The zero-order valence-corrected chi connectivity index (χ0v) is 12.0. The Kier molecular flexibility index (Phi) is 2.53. The molecule has 1 aromatic carbocycles. The van der Waals surface area contributed by atoms with E-state index >= 15 is 0 Å². The molecule has 0 spiro atoms. The molecule has 0 saturated heterocycles. The summed E-state index contributed by atoms with van der Waals surface area (Å²) in [6.45, 7) is 12.5. The van der Waals surface area contributed by atoms with Crippen molar-refractivity contribution in [2.45, 2.75) is 39.7 Å². The Labute approximate surface area is 114 Å². The normalized spacial score (nSPS) is 23.7. The van der Waals surface area contributed by atoms with Crippen LogP contribution in [0.1, 0.15) is 38.8 Å². The number of fused-ring (bicyclic) bond motifs is 2. The standard InChI is InChI=1S/C17H20O2/c1-10-6-12(3)18-16-9-15-13(8-14(10)16)7-11(2)17(4,5)19-15/h6,8-9,11H,3,7H2,1-2,4-5H3/t11-/m0/s1. The van der Waals surface area contributed by atoms with Crippen molar-refractivity contribution in [1.82, 2.24) is 0 Å². The SMILES string of the molecule is C=C1C=C(C)c2cc3c(cc2O1)OC(C)(C)[C@@H](C)C3. The summed E-state index contributed by atoms with van der Waals surface area (Å²) in [5, 5.41) is 0. The highest BCUT2D eigenvalue weighted by Gasteiger charge is 2.34. The van der Waals surface area contributed by atoms with Crippen molar-refractivity contribution in [1.29, 1.82) is 0 Å². The molecule has 2 heteroatoms. The molecule has 2 aliphatic rings. The van der Waals surface area contributed by atoms with E-state index in [1.165, 1.54) is 11.1 Å². The first-order valence-corrected chi connectivity index (χ1v) is 6.78. The minimum atomic E-state index is -0.127. The molecule has 3 rings (SSSR count). The molecule has 0 unspecified atom stereocenters. The van der Waals surface area contributed by atoms with E-state index in [1.54, 1.807) is 0 Å². The third kappa shape index (κ3) is 1.95. The van der Waals surface area contributed by atoms with E-state index < -0.39 is 0 Å². The molecular formula is C17H20O2. The van der Waals surface area contributed by atoms with Crippen molar-refractivity contribution in [3.63, 3.8) is 0 Å². The van der Waals surface area contributed by atoms with Gasteiger partial charge in [0.1, 0.15) is 22.9 Å². The van der Waals surface area contributed by atoms with E-state index in [0.717, 1.165) is 23.5 Å². The van der Waals surface area contributed by atoms with Crippen molar-refractivity contribution in [3.05, 3.63) is 41.7 Å². The monoisotopic (exact) mass is 256 g/mol. The third-order valence-corrected chi connectivity index (χ3v) is 4.29. The van der Waals surface area contributed by atoms with E-state index in [-0.39, 0.29) is 5.60 Å². The second kappa shape index (κ2) is 3.89. The molecule has 1 aromatic rings. The molecule has 0 saturated carbocycles. The van der Waals surface area contributed by atoms with Gasteiger partial charge in [-0.1, -0.05) is 13.5 Å². The summed E-state index contributed by atoms with van der Waals surface area (Å²) >= 11 is 0. The first-order valence-electron chi connectivity index (χ1n) is 6.78. The number of hydrogen-bond acceptors (Lipinski definition) is 2. The number of allylic oxidation sites excluding steroid dienone is 2. The fourth-order valence-electron chi connectivity index (χ4n) is 2.70. The van der Waals surface area contributed by atoms with E-state index in [0.29, 0.717) is 11.7 Å². The summed E-state index contributed by atoms with van der Waals surface area (Å²) < 4.78 is 11.9. The molecule has 19 heavy (non-hydrogen) atoms. The van der Waals surface area contributed by atoms with Crippen LogP contribution < -0.4 is 9.47 Å². The summed E-state index contributed by atoms with van der Waals surface area (Å²) in [5.41, 5.74) is 3.50. The maximum atomic E-state index is 6.14. The molecule has 100 valence electrons. The van der Waals surface area contributed by atoms with Crippen LogP contribution >= 0.6 is 0 Å². The van der Waals surface area contributed by atoms with Crippen LogP contribution in [-0.2, 0) is 6.42 Å². The third-order valence-electron chi connectivity index (χ3n) is 4.29. The van der Waals surface area contributed by atoms with Crippen LogP contribution in [0.3, 0.4) is 0 Å². The van der Waals surface area contributed by atoms with Gasteiger partial charge in [-0.25, -0.2) is 0 Å². The Hall–Kier alpha value is -1.70. The maximum absolute atomic E-state index is 6.14. The molecule has 0 aromatic heterocycles. The van der Waals surface area contributed by atoms with Crippen LogP contribution in [-0.4, -0.2) is 5.60 Å². The van der Waals surface area contributed by atoms with Crippen LogP contribution in [0.4, 0.5) is 0 Å². The van der Waals surface area contributed by atoms with Crippen LogP contribution in [0.2, 0.25) is 0 Å². The average Bonchev–Trinajstić information content (AvgIpc) is 2.28. The fourth-order valence-corrected chi connectivity index (χ4v) is 2.70. The van der Waals surface area contributed by atoms with E-state index in [2.05, 4.69) is 40.3 Å². The average molecular weight is 256 g/mol. The fraction of sp³-hybridized carbons (Fsp3) is 0.412. The molecule has 0 amide bonds. The molecule has 0 aliphatic carbocycles. The van der Waals surface area contributed by atoms with Gasteiger partial charge in [-0.2, -0.15) is 0 Å². The van der Waals surface area contributed by atoms with Gasteiger partial charge >= 0.3 is 0 Å². The maximum Gasteiger partial charge on any atom is 0.138 e. The molecule has 2 heterocycles. The van der Waals surface area contributed by atoms with Gasteiger partial charge in [-0.3, -0.25) is 0 Å². The first-order chi connectivity index (χ1) is 8.87. The lowest BCUT2D eigenvalue weighted by molar-refractivity contribution is 0.0352. The summed E-state index contributed by atoms with van der Waals surface area (Å²) in [4.78, 5) is 0. The number of ether oxygens (including phenoxy) is 2. The smallest absolute Gasteiger partial charge is 0.138 e. The lowest BCUT2D eigenvalue weighted by Gasteiger charge is -2.39. The van der Waals surface area contributed by atoms with Crippen molar-refractivity contribution in [3.8, 4) is 11.5 Å². The Morgan fingerprint density at radius 1 is 1.26 bits per heavy atom. The lowest BCUT2D eigenvalue weighted by atomic mass is 9.83. The van der Waals surface area contributed by atoms with Crippen molar-refractivity contribution in [2.75, 3.05) is 0 Å². The highest BCUT2D eigenvalue weighted by atomic mass is 16.5. The van der Waals surface area contributed by atoms with Crippen molar-refractivity contribution < 1.29 is 9.47 Å². The van der Waals surface area contributed by atoms with E-state index in [4.69, 9.17) is 9.47 Å². The summed E-state index contributed by atoms with van der Waals surface area (Å²) in [7, 11) is 0. The largest absolute Gasteiger partial charge is 0.487 e. The summed E-state index contributed by atoms with van der Waals surface area (Å²) in [6, 6.07) is 4.22. The molecule has 0 bridgehead atoms. The number of rotatable bonds is 0. The van der Waals surface area contributed by atoms with Crippen molar-refractivity contribution >= 4 is 5.57 Å². The molecule has 0 N–H and O–H groups in total. The second-order valence-electron chi connectivity index (χ2n) is 6.16. The number of hydrogen-bond donors (Lipinski definition) is 0. The molecule has 2 nitrogen and oxygen atoms in total. The van der Waals surface area contributed by atoms with Crippen molar-refractivity contribution in [2.24, 2.45) is 5.92 Å². The van der Waals surface area contributed by atoms with E-state index in [9.17, 15) is 0 Å². The van der Waals surface area contributed by atoms with Crippen LogP contribution in [0.5, 0.6) is 11.5 Å². The zero-order chi connectivity index (χ0) is 13.8. The van der Waals surface area contributed by atoms with E-state index in [1.807, 2.05) is 12.1 Å². The second-order valence-corrected chi connectivity index (χ2v) is 6.16. The lowest BCUT2D eigenvalue weighted by Crippen LogP contribution is -2.40. The van der Waals surface area contributed by atoms with Gasteiger partial charge in [0, 0.05) is 11.6 Å². The van der Waals surface area contributed by atoms with Crippen LogP contribution in [0.15, 0.2) is 30.5 Å². The van der Waals surface area contributed by atoms with Gasteiger partial charge < -0.3 is 9.47 Å². The Bertz CT molecular complexity index is 594. The molecule has 0 fully saturated rings. The van der Waals surface area contributed by atoms with Crippen LogP contribution in [0.25, 0.3) is 5.57 Å². The van der Waals surface area contributed by atoms with Gasteiger partial charge in [-0.15, -0.1) is 0 Å². The predicted octanol–water partition coefficient (Wildman–Crippen LogP) is 4.35. The highest BCUT2D eigenvalue weighted by Crippen LogP contribution is 2.43. The molecular weight excluding hydrogens is 236 g/mol. The quantitative estimate of drug-likeness (QED) is 0.687. The molecule has 1 atom stereocenters. The van der Waals surface area contributed by atoms with Gasteiger partial charge in [0.25, 0.3) is 0 Å². The Balaban J connectivity index is 2.11. The Morgan fingerprint density at radius 2 is 2.00 bits per heavy atom. The summed E-state index contributed by atoms with van der Waals surface area (Å²) in [5.74, 6) is 2.99.